The highest BCUT2D eigenvalue weighted by molar-refractivity contribution is 5.99. The molecule has 0 saturated carbocycles. The van der Waals surface area contributed by atoms with Crippen LogP contribution >= 0.6 is 0 Å². The van der Waals surface area contributed by atoms with Gasteiger partial charge in [0.05, 0.1) is 18.8 Å². The molecule has 0 bridgehead atoms. The fraction of sp³-hybridized carbons (Fsp3) is 0.273. The molecule has 0 atom stereocenters. The number of benzene rings is 1. The number of hydrogen-bond donors (Lipinski definition) is 4. The average molecular weight is 239 g/mol. The number of carbonyl (C=O) groups excluding carboxylic acids is 1. The second-order valence-electron chi connectivity index (χ2n) is 3.50. The Balaban J connectivity index is 3.48. The highest BCUT2D eigenvalue weighted by Gasteiger charge is 2.23. The molecule has 6 heteroatoms. The van der Waals surface area contributed by atoms with Crippen molar-refractivity contribution in [3.63, 3.8) is 0 Å². The molecule has 0 spiro atoms. The van der Waals surface area contributed by atoms with Gasteiger partial charge in [0.15, 0.2) is 0 Å². The standard InChI is InChI=1S/C11H13NO5/c12-10(15)7-2-1-3-8(11(16)17)9(7)6(4-13)5-14/h1-3,6,13-14H,4-5H2,(H2,12,15)(H,16,17). The van der Waals surface area contributed by atoms with Gasteiger partial charge in [-0.1, -0.05) is 6.07 Å². The first kappa shape index (κ1) is 13.1. The SMILES string of the molecule is NC(=O)c1cccc(C(=O)O)c1C(CO)CO. The van der Waals surface area contributed by atoms with E-state index in [1.54, 1.807) is 0 Å². The van der Waals surface area contributed by atoms with Gasteiger partial charge in [0.2, 0.25) is 5.91 Å². The van der Waals surface area contributed by atoms with Crippen molar-refractivity contribution in [2.75, 3.05) is 13.2 Å². The van der Waals surface area contributed by atoms with Crippen molar-refractivity contribution in [2.45, 2.75) is 5.92 Å². The van der Waals surface area contributed by atoms with Crippen LogP contribution in [0, 0.1) is 0 Å². The van der Waals surface area contributed by atoms with E-state index in [-0.39, 0.29) is 16.7 Å². The van der Waals surface area contributed by atoms with E-state index in [4.69, 9.17) is 21.1 Å². The number of carboxylic acids is 1. The summed E-state index contributed by atoms with van der Waals surface area (Å²) in [6, 6.07) is 4.05. The molecule has 5 N–H and O–H groups in total. The highest BCUT2D eigenvalue weighted by Crippen LogP contribution is 2.24. The van der Waals surface area contributed by atoms with Gasteiger partial charge in [-0.2, -0.15) is 0 Å². The first-order valence-corrected chi connectivity index (χ1v) is 4.90. The smallest absolute Gasteiger partial charge is 0.336 e. The van der Waals surface area contributed by atoms with Crippen molar-refractivity contribution in [2.24, 2.45) is 5.73 Å². The van der Waals surface area contributed by atoms with Gasteiger partial charge in [0.1, 0.15) is 0 Å². The Morgan fingerprint density at radius 3 is 2.12 bits per heavy atom. The van der Waals surface area contributed by atoms with Crippen molar-refractivity contribution < 1.29 is 24.9 Å². The summed E-state index contributed by atoms with van der Waals surface area (Å²) in [5.41, 5.74) is 5.06. The van der Waals surface area contributed by atoms with Crippen molar-refractivity contribution >= 4 is 11.9 Å². The molecule has 92 valence electrons. The second kappa shape index (κ2) is 5.42. The lowest BCUT2D eigenvalue weighted by atomic mass is 9.90. The molecule has 0 radical (unpaired) electrons. The predicted molar refractivity (Wildman–Crippen MR) is 58.8 cm³/mol. The number of nitrogens with two attached hydrogens (primary N) is 1. The van der Waals surface area contributed by atoms with E-state index in [2.05, 4.69) is 0 Å². The van der Waals surface area contributed by atoms with Crippen LogP contribution in [0.1, 0.15) is 32.2 Å². The van der Waals surface area contributed by atoms with Crippen LogP contribution < -0.4 is 5.73 Å². The topological polar surface area (TPSA) is 121 Å². The van der Waals surface area contributed by atoms with E-state index in [1.165, 1.54) is 18.2 Å². The third-order valence-corrected chi connectivity index (χ3v) is 2.45. The summed E-state index contributed by atoms with van der Waals surface area (Å²) < 4.78 is 0. The number of aromatic carboxylic acids is 1. The lowest BCUT2D eigenvalue weighted by molar-refractivity contribution is 0.0694. The molecule has 0 fully saturated rings. The van der Waals surface area contributed by atoms with Gasteiger partial charge in [0, 0.05) is 11.5 Å². The Labute approximate surface area is 97.3 Å². The molecule has 17 heavy (non-hydrogen) atoms. The molecule has 1 rings (SSSR count). The number of amides is 1. The molecule has 1 aromatic carbocycles. The number of rotatable bonds is 5. The molecule has 0 aromatic heterocycles. The molecule has 1 aromatic rings. The first-order chi connectivity index (χ1) is 8.02. The van der Waals surface area contributed by atoms with Crippen molar-refractivity contribution in [3.05, 3.63) is 34.9 Å². The average Bonchev–Trinajstić information content (AvgIpc) is 2.30. The number of hydrogen-bond acceptors (Lipinski definition) is 4. The minimum absolute atomic E-state index is 0.00185. The minimum atomic E-state index is -1.24. The molecule has 0 aliphatic carbocycles. The van der Waals surface area contributed by atoms with Gasteiger partial charge in [-0.05, 0) is 17.7 Å². The van der Waals surface area contributed by atoms with Crippen LogP contribution in [0.15, 0.2) is 18.2 Å². The Hall–Kier alpha value is -1.92. The zero-order valence-electron chi connectivity index (χ0n) is 8.96. The Bertz CT molecular complexity index is 407. The molecule has 6 nitrogen and oxygen atoms in total. The first-order valence-electron chi connectivity index (χ1n) is 4.90. The lowest BCUT2D eigenvalue weighted by Gasteiger charge is -2.17. The summed E-state index contributed by atoms with van der Waals surface area (Å²) in [5.74, 6) is -2.88. The number of carboxylic acid groups (broad SMARTS) is 1. The third kappa shape index (κ3) is 2.61. The maximum absolute atomic E-state index is 11.2. The van der Waals surface area contributed by atoms with Crippen LogP contribution in [-0.2, 0) is 0 Å². The van der Waals surface area contributed by atoms with Crippen LogP contribution in [0.2, 0.25) is 0 Å². The van der Waals surface area contributed by atoms with E-state index >= 15 is 0 Å². The summed E-state index contributed by atoms with van der Waals surface area (Å²) in [4.78, 5) is 22.2. The molecule has 0 aliphatic heterocycles. The van der Waals surface area contributed by atoms with E-state index in [1.807, 2.05) is 0 Å². The van der Waals surface area contributed by atoms with Crippen LogP contribution in [0.5, 0.6) is 0 Å². The van der Waals surface area contributed by atoms with Gasteiger partial charge in [-0.15, -0.1) is 0 Å². The molecule has 0 unspecified atom stereocenters. The normalized spacial score (nSPS) is 10.5. The van der Waals surface area contributed by atoms with Gasteiger partial charge >= 0.3 is 5.97 Å². The predicted octanol–water partition coefficient (Wildman–Crippen LogP) is -0.448. The largest absolute Gasteiger partial charge is 0.478 e. The molecule has 1 amide bonds. The number of aliphatic hydroxyl groups excluding tert-OH is 2. The van der Waals surface area contributed by atoms with Crippen molar-refractivity contribution in [3.8, 4) is 0 Å². The maximum atomic E-state index is 11.2. The summed E-state index contributed by atoms with van der Waals surface area (Å²) in [5, 5.41) is 27.2. The molecule has 0 heterocycles. The van der Waals surface area contributed by atoms with Crippen molar-refractivity contribution in [1.82, 2.24) is 0 Å². The van der Waals surface area contributed by atoms with Crippen LogP contribution in [0.4, 0.5) is 0 Å². The fourth-order valence-corrected chi connectivity index (χ4v) is 1.65. The minimum Gasteiger partial charge on any atom is -0.478 e. The molecular formula is C11H13NO5. The molecule has 0 aliphatic rings. The van der Waals surface area contributed by atoms with Crippen LogP contribution in [-0.4, -0.2) is 40.4 Å². The van der Waals surface area contributed by atoms with Gasteiger partial charge in [-0.25, -0.2) is 4.79 Å². The van der Waals surface area contributed by atoms with E-state index in [0.29, 0.717) is 0 Å². The highest BCUT2D eigenvalue weighted by atomic mass is 16.4. The molecule has 0 saturated heterocycles. The van der Waals surface area contributed by atoms with E-state index in [0.717, 1.165) is 0 Å². The summed E-state index contributed by atoms with van der Waals surface area (Å²) >= 11 is 0. The Morgan fingerprint density at radius 1 is 1.18 bits per heavy atom. The van der Waals surface area contributed by atoms with Crippen LogP contribution in [0.25, 0.3) is 0 Å². The summed E-state index contributed by atoms with van der Waals surface area (Å²) in [6.45, 7) is -0.942. The zero-order valence-corrected chi connectivity index (χ0v) is 8.96. The quantitative estimate of drug-likeness (QED) is 0.554. The monoisotopic (exact) mass is 239 g/mol. The zero-order chi connectivity index (χ0) is 13.0. The van der Waals surface area contributed by atoms with E-state index in [9.17, 15) is 9.59 Å². The van der Waals surface area contributed by atoms with Gasteiger partial charge in [0.25, 0.3) is 0 Å². The summed E-state index contributed by atoms with van der Waals surface area (Å²) in [7, 11) is 0. The lowest BCUT2D eigenvalue weighted by Crippen LogP contribution is -2.22. The third-order valence-electron chi connectivity index (χ3n) is 2.45. The fourth-order valence-electron chi connectivity index (χ4n) is 1.65. The Kier molecular flexibility index (Phi) is 4.19. The second-order valence-corrected chi connectivity index (χ2v) is 3.50. The summed E-state index contributed by atoms with van der Waals surface area (Å²) in [6.07, 6.45) is 0. The number of primary amides is 1. The number of aliphatic hydroxyl groups is 2. The van der Waals surface area contributed by atoms with Gasteiger partial charge < -0.3 is 21.1 Å². The Morgan fingerprint density at radius 2 is 1.71 bits per heavy atom. The van der Waals surface area contributed by atoms with Gasteiger partial charge in [-0.3, -0.25) is 4.79 Å². The number of carbonyl (C=O) groups is 2. The molecular weight excluding hydrogens is 226 g/mol. The van der Waals surface area contributed by atoms with Crippen molar-refractivity contribution in [1.29, 1.82) is 0 Å². The maximum Gasteiger partial charge on any atom is 0.336 e. The van der Waals surface area contributed by atoms with Crippen LogP contribution in [0.3, 0.4) is 0 Å². The van der Waals surface area contributed by atoms with E-state index < -0.39 is 31.0 Å².